The Morgan fingerprint density at radius 2 is 2.00 bits per heavy atom. The summed E-state index contributed by atoms with van der Waals surface area (Å²) in [4.78, 5) is 8.00. The van der Waals surface area contributed by atoms with Crippen molar-refractivity contribution < 1.29 is 4.79 Å². The molecule has 0 aliphatic heterocycles. The van der Waals surface area contributed by atoms with Crippen LogP contribution in [0.4, 0.5) is 0 Å². The normalized spacial score (nSPS) is 15.8. The molecule has 0 aromatic heterocycles. The molecule has 0 atom stereocenters. The van der Waals surface area contributed by atoms with Gasteiger partial charge in [0.05, 0.1) is 0 Å². The lowest BCUT2D eigenvalue weighted by Gasteiger charge is -2.17. The van der Waals surface area contributed by atoms with Gasteiger partial charge in [0.1, 0.15) is 6.79 Å². The molecule has 1 heteroatoms. The molecule has 1 rings (SSSR count). The van der Waals surface area contributed by atoms with Gasteiger partial charge in [0.2, 0.25) is 0 Å². The Morgan fingerprint density at radius 3 is 2.47 bits per heavy atom. The van der Waals surface area contributed by atoms with E-state index < -0.39 is 0 Å². The lowest BCUT2D eigenvalue weighted by atomic mass is 9.88. The van der Waals surface area contributed by atoms with Crippen molar-refractivity contribution in [3.05, 3.63) is 47.1 Å². The number of rotatable bonds is 2. The SMILES string of the molecule is C=C(/C=C\C)C1=C(C)CCC=C1C.C=O. The molecule has 15 heavy (non-hydrogen) atoms. The third-order valence-corrected chi connectivity index (χ3v) is 2.48. The molecule has 82 valence electrons. The lowest BCUT2D eigenvalue weighted by molar-refractivity contribution is -0.0979. The van der Waals surface area contributed by atoms with E-state index in [2.05, 4.69) is 32.6 Å². The highest BCUT2D eigenvalue weighted by Crippen LogP contribution is 2.29. The first kappa shape index (κ1) is 13.6. The molecular formula is C14H20O. The summed E-state index contributed by atoms with van der Waals surface area (Å²) in [5, 5.41) is 0. The van der Waals surface area contributed by atoms with E-state index in [0.717, 1.165) is 5.57 Å². The number of hydrogen-bond donors (Lipinski definition) is 0. The van der Waals surface area contributed by atoms with Crippen molar-refractivity contribution in [2.24, 2.45) is 0 Å². The van der Waals surface area contributed by atoms with E-state index in [1.165, 1.54) is 29.6 Å². The zero-order valence-corrected chi connectivity index (χ0v) is 9.97. The molecule has 0 saturated carbocycles. The van der Waals surface area contributed by atoms with Gasteiger partial charge in [-0.15, -0.1) is 0 Å². The first-order valence-electron chi connectivity index (χ1n) is 5.14. The van der Waals surface area contributed by atoms with Crippen LogP contribution >= 0.6 is 0 Å². The van der Waals surface area contributed by atoms with Crippen LogP contribution in [0.5, 0.6) is 0 Å². The van der Waals surface area contributed by atoms with Crippen molar-refractivity contribution in [3.8, 4) is 0 Å². The van der Waals surface area contributed by atoms with Crippen LogP contribution in [0, 0.1) is 0 Å². The summed E-state index contributed by atoms with van der Waals surface area (Å²) in [6.07, 6.45) is 8.80. The van der Waals surface area contributed by atoms with E-state index in [4.69, 9.17) is 4.79 Å². The molecule has 0 heterocycles. The summed E-state index contributed by atoms with van der Waals surface area (Å²) < 4.78 is 0. The molecule has 0 bridgehead atoms. The summed E-state index contributed by atoms with van der Waals surface area (Å²) in [7, 11) is 0. The van der Waals surface area contributed by atoms with E-state index in [-0.39, 0.29) is 0 Å². The maximum absolute atomic E-state index is 8.00. The molecule has 1 aliphatic carbocycles. The van der Waals surface area contributed by atoms with Crippen molar-refractivity contribution in [2.75, 3.05) is 0 Å². The van der Waals surface area contributed by atoms with Gasteiger partial charge in [-0.1, -0.05) is 30.4 Å². The number of hydrogen-bond acceptors (Lipinski definition) is 1. The standard InChI is InChI=1S/C13H18.CH2O/c1-5-7-10(2)13-11(3)8-6-9-12(13)4;1-2/h5,7-8H,2,6,9H2,1,3-4H3;1H2/b7-5-;. The van der Waals surface area contributed by atoms with E-state index in [1.54, 1.807) is 0 Å². The summed E-state index contributed by atoms with van der Waals surface area (Å²) in [6.45, 7) is 12.5. The Bertz CT molecular complexity index is 316. The van der Waals surface area contributed by atoms with Gasteiger partial charge in [-0.2, -0.15) is 0 Å². The number of carbonyl (C=O) groups excluding carboxylic acids is 1. The minimum Gasteiger partial charge on any atom is -0.307 e. The van der Waals surface area contributed by atoms with Gasteiger partial charge < -0.3 is 4.79 Å². The number of allylic oxidation sites excluding steroid dienone is 7. The van der Waals surface area contributed by atoms with Gasteiger partial charge in [-0.25, -0.2) is 0 Å². The number of carbonyl (C=O) groups is 1. The second-order valence-electron chi connectivity index (χ2n) is 3.61. The van der Waals surface area contributed by atoms with Crippen LogP contribution in [0.1, 0.15) is 33.6 Å². The van der Waals surface area contributed by atoms with Gasteiger partial charge >= 0.3 is 0 Å². The van der Waals surface area contributed by atoms with Gasteiger partial charge in [-0.05, 0) is 50.3 Å². The van der Waals surface area contributed by atoms with Crippen molar-refractivity contribution >= 4 is 6.79 Å². The fourth-order valence-corrected chi connectivity index (χ4v) is 1.88. The van der Waals surface area contributed by atoms with E-state index in [9.17, 15) is 0 Å². The monoisotopic (exact) mass is 204 g/mol. The van der Waals surface area contributed by atoms with Crippen LogP contribution in [0.3, 0.4) is 0 Å². The van der Waals surface area contributed by atoms with E-state index in [1.807, 2.05) is 19.8 Å². The lowest BCUT2D eigenvalue weighted by Crippen LogP contribution is -1.98. The molecular weight excluding hydrogens is 184 g/mol. The Morgan fingerprint density at radius 1 is 1.40 bits per heavy atom. The first-order chi connectivity index (χ1) is 7.16. The predicted molar refractivity (Wildman–Crippen MR) is 66.8 cm³/mol. The molecule has 0 aromatic rings. The topological polar surface area (TPSA) is 17.1 Å². The Balaban J connectivity index is 0.000000921. The quantitative estimate of drug-likeness (QED) is 0.621. The zero-order chi connectivity index (χ0) is 11.8. The average molecular weight is 204 g/mol. The highest BCUT2D eigenvalue weighted by molar-refractivity contribution is 5.53. The van der Waals surface area contributed by atoms with Crippen LogP contribution in [0.15, 0.2) is 47.1 Å². The van der Waals surface area contributed by atoms with Gasteiger partial charge in [0.15, 0.2) is 0 Å². The third-order valence-electron chi connectivity index (χ3n) is 2.48. The maximum atomic E-state index is 8.00. The van der Waals surface area contributed by atoms with E-state index >= 15 is 0 Å². The summed E-state index contributed by atoms with van der Waals surface area (Å²) >= 11 is 0. The van der Waals surface area contributed by atoms with Gasteiger partial charge in [-0.3, -0.25) is 0 Å². The third kappa shape index (κ3) is 3.70. The second kappa shape index (κ2) is 6.99. The van der Waals surface area contributed by atoms with Crippen molar-refractivity contribution in [3.63, 3.8) is 0 Å². The van der Waals surface area contributed by atoms with E-state index in [0.29, 0.717) is 0 Å². The smallest absolute Gasteiger partial charge is 0.106 e. The molecule has 1 nitrogen and oxygen atoms in total. The highest BCUT2D eigenvalue weighted by Gasteiger charge is 2.10. The summed E-state index contributed by atoms with van der Waals surface area (Å²) in [5.41, 5.74) is 5.37. The molecule has 0 radical (unpaired) electrons. The molecule has 0 saturated heterocycles. The minimum absolute atomic E-state index is 1.15. The minimum atomic E-state index is 1.15. The predicted octanol–water partition coefficient (Wildman–Crippen LogP) is 3.99. The van der Waals surface area contributed by atoms with Crippen LogP contribution in [-0.2, 0) is 4.79 Å². The maximum Gasteiger partial charge on any atom is 0.106 e. The second-order valence-corrected chi connectivity index (χ2v) is 3.61. The average Bonchev–Trinajstić information content (AvgIpc) is 2.21. The molecule has 0 N–H and O–H groups in total. The van der Waals surface area contributed by atoms with Crippen LogP contribution in [0.2, 0.25) is 0 Å². The Labute approximate surface area is 92.9 Å². The molecule has 0 unspecified atom stereocenters. The first-order valence-corrected chi connectivity index (χ1v) is 5.14. The summed E-state index contributed by atoms with van der Waals surface area (Å²) in [5.74, 6) is 0. The van der Waals surface area contributed by atoms with Crippen molar-refractivity contribution in [2.45, 2.75) is 33.6 Å². The van der Waals surface area contributed by atoms with Crippen LogP contribution in [-0.4, -0.2) is 6.79 Å². The van der Waals surface area contributed by atoms with Crippen LogP contribution < -0.4 is 0 Å². The largest absolute Gasteiger partial charge is 0.307 e. The van der Waals surface area contributed by atoms with Crippen LogP contribution in [0.25, 0.3) is 0 Å². The van der Waals surface area contributed by atoms with Gasteiger partial charge in [0, 0.05) is 0 Å². The Hall–Kier alpha value is -1.37. The molecule has 0 fully saturated rings. The Kier molecular flexibility index (Phi) is 6.35. The molecule has 0 spiro atoms. The molecule has 0 amide bonds. The van der Waals surface area contributed by atoms with Crippen molar-refractivity contribution in [1.29, 1.82) is 0 Å². The van der Waals surface area contributed by atoms with Gasteiger partial charge in [0.25, 0.3) is 0 Å². The fraction of sp³-hybridized carbons (Fsp3) is 0.357. The fourth-order valence-electron chi connectivity index (χ4n) is 1.88. The molecule has 0 aromatic carbocycles. The highest BCUT2D eigenvalue weighted by atomic mass is 16.1. The van der Waals surface area contributed by atoms with Crippen molar-refractivity contribution in [1.82, 2.24) is 0 Å². The summed E-state index contributed by atoms with van der Waals surface area (Å²) in [6, 6.07) is 0. The zero-order valence-electron chi connectivity index (χ0n) is 9.97. The molecule has 1 aliphatic rings.